The summed E-state index contributed by atoms with van der Waals surface area (Å²) in [4.78, 5) is 3.17. The highest BCUT2D eigenvalue weighted by atomic mass is 16.3. The van der Waals surface area contributed by atoms with Crippen molar-refractivity contribution < 1.29 is 5.11 Å². The minimum Gasteiger partial charge on any atom is -0.392 e. The number of aromatic nitrogens is 1. The molecule has 56 valence electrons. The van der Waals surface area contributed by atoms with E-state index in [0.717, 1.165) is 17.0 Å². The highest BCUT2D eigenvalue weighted by Crippen LogP contribution is 2.15. The summed E-state index contributed by atoms with van der Waals surface area (Å²) in [7, 11) is 0. The predicted octanol–water partition coefficient (Wildman–Crippen LogP) is 1.43. The van der Waals surface area contributed by atoms with Crippen LogP contribution in [0.5, 0.6) is 0 Å². The number of aliphatic hydroxyl groups excluding tert-OH is 1. The lowest BCUT2D eigenvalue weighted by Gasteiger charge is -1.93. The lowest BCUT2D eigenvalue weighted by molar-refractivity contribution is 0.280. The molecule has 0 aliphatic heterocycles. The first-order valence-electron chi connectivity index (χ1n) is 3.42. The van der Waals surface area contributed by atoms with E-state index < -0.39 is 0 Å². The molecule has 0 bridgehead atoms. The van der Waals surface area contributed by atoms with Crippen molar-refractivity contribution in [3.8, 4) is 0 Å². The van der Waals surface area contributed by atoms with Crippen LogP contribution in [0, 0.1) is 20.8 Å². The summed E-state index contributed by atoms with van der Waals surface area (Å²) in [6, 6.07) is 0. The molecular weight excluding hydrogens is 126 g/mol. The first-order valence-corrected chi connectivity index (χ1v) is 3.42. The van der Waals surface area contributed by atoms with Gasteiger partial charge in [-0.15, -0.1) is 0 Å². The second-order valence-electron chi connectivity index (χ2n) is 2.64. The van der Waals surface area contributed by atoms with E-state index in [4.69, 9.17) is 5.11 Å². The monoisotopic (exact) mass is 139 g/mol. The van der Waals surface area contributed by atoms with Crippen LogP contribution in [-0.4, -0.2) is 10.1 Å². The minimum absolute atomic E-state index is 0.141. The Morgan fingerprint density at radius 1 is 1.20 bits per heavy atom. The standard InChI is InChI=1S/C8H13NO/c1-5-6(2)9-7(3)8(5)4-10/h9-10H,4H2,1-3H3. The number of aliphatic hydroxyl groups is 1. The Hall–Kier alpha value is -0.760. The fraction of sp³-hybridized carbons (Fsp3) is 0.500. The largest absolute Gasteiger partial charge is 0.392 e. The van der Waals surface area contributed by atoms with E-state index in [2.05, 4.69) is 4.98 Å². The highest BCUT2D eigenvalue weighted by Gasteiger charge is 2.05. The molecule has 2 nitrogen and oxygen atoms in total. The molecule has 10 heavy (non-hydrogen) atoms. The Kier molecular flexibility index (Phi) is 1.81. The van der Waals surface area contributed by atoms with Gasteiger partial charge in [0.25, 0.3) is 0 Å². The molecule has 0 atom stereocenters. The van der Waals surface area contributed by atoms with Crippen molar-refractivity contribution in [1.29, 1.82) is 0 Å². The third-order valence-corrected chi connectivity index (χ3v) is 2.00. The van der Waals surface area contributed by atoms with Gasteiger partial charge in [0.1, 0.15) is 0 Å². The van der Waals surface area contributed by atoms with E-state index in [1.54, 1.807) is 0 Å². The van der Waals surface area contributed by atoms with Crippen LogP contribution in [-0.2, 0) is 6.61 Å². The molecule has 0 radical (unpaired) electrons. The second kappa shape index (κ2) is 2.46. The van der Waals surface area contributed by atoms with E-state index >= 15 is 0 Å². The van der Waals surface area contributed by atoms with Gasteiger partial charge in [0, 0.05) is 17.0 Å². The van der Waals surface area contributed by atoms with Crippen LogP contribution in [0.4, 0.5) is 0 Å². The van der Waals surface area contributed by atoms with Crippen LogP contribution in [0.15, 0.2) is 0 Å². The smallest absolute Gasteiger partial charge is 0.0701 e. The fourth-order valence-corrected chi connectivity index (χ4v) is 1.20. The van der Waals surface area contributed by atoms with Gasteiger partial charge in [0.15, 0.2) is 0 Å². The van der Waals surface area contributed by atoms with Crippen LogP contribution in [0.25, 0.3) is 0 Å². The van der Waals surface area contributed by atoms with E-state index in [0.29, 0.717) is 0 Å². The van der Waals surface area contributed by atoms with Gasteiger partial charge in [0.05, 0.1) is 6.61 Å². The van der Waals surface area contributed by atoms with Crippen molar-refractivity contribution >= 4 is 0 Å². The summed E-state index contributed by atoms with van der Waals surface area (Å²) in [6.07, 6.45) is 0. The van der Waals surface area contributed by atoms with Crippen molar-refractivity contribution in [3.63, 3.8) is 0 Å². The van der Waals surface area contributed by atoms with Gasteiger partial charge in [-0.2, -0.15) is 0 Å². The molecule has 1 aromatic rings. The Bertz CT molecular complexity index is 238. The molecule has 0 fully saturated rings. The topological polar surface area (TPSA) is 36.0 Å². The average Bonchev–Trinajstić information content (AvgIpc) is 2.09. The molecule has 1 heterocycles. The maximum Gasteiger partial charge on any atom is 0.0701 e. The van der Waals surface area contributed by atoms with Crippen LogP contribution in [0.3, 0.4) is 0 Å². The Balaban J connectivity index is 3.20. The zero-order valence-electron chi connectivity index (χ0n) is 6.65. The predicted molar refractivity (Wildman–Crippen MR) is 40.9 cm³/mol. The van der Waals surface area contributed by atoms with Gasteiger partial charge in [-0.25, -0.2) is 0 Å². The number of aryl methyl sites for hydroxylation is 2. The van der Waals surface area contributed by atoms with Crippen LogP contribution >= 0.6 is 0 Å². The zero-order valence-corrected chi connectivity index (χ0v) is 6.65. The van der Waals surface area contributed by atoms with Crippen molar-refractivity contribution in [2.75, 3.05) is 0 Å². The molecule has 0 spiro atoms. The van der Waals surface area contributed by atoms with Crippen molar-refractivity contribution in [2.24, 2.45) is 0 Å². The van der Waals surface area contributed by atoms with Gasteiger partial charge in [-0.3, -0.25) is 0 Å². The van der Waals surface area contributed by atoms with Crippen LogP contribution in [0.1, 0.15) is 22.5 Å². The lowest BCUT2D eigenvalue weighted by atomic mass is 10.1. The third-order valence-electron chi connectivity index (χ3n) is 2.00. The molecule has 0 unspecified atom stereocenters. The first kappa shape index (κ1) is 7.35. The molecule has 0 saturated heterocycles. The summed E-state index contributed by atoms with van der Waals surface area (Å²) in [5, 5.41) is 8.89. The first-order chi connectivity index (χ1) is 4.66. The number of rotatable bonds is 1. The average molecular weight is 139 g/mol. The van der Waals surface area contributed by atoms with E-state index in [-0.39, 0.29) is 6.61 Å². The maximum atomic E-state index is 8.89. The van der Waals surface area contributed by atoms with Gasteiger partial charge >= 0.3 is 0 Å². The molecule has 0 aromatic carbocycles. The molecule has 2 N–H and O–H groups in total. The third kappa shape index (κ3) is 0.948. The number of H-pyrrole nitrogens is 1. The number of hydrogen-bond donors (Lipinski definition) is 2. The minimum atomic E-state index is 0.141. The fourth-order valence-electron chi connectivity index (χ4n) is 1.20. The lowest BCUT2D eigenvalue weighted by Crippen LogP contribution is -1.85. The molecule has 0 amide bonds. The van der Waals surface area contributed by atoms with Crippen LogP contribution in [0.2, 0.25) is 0 Å². The van der Waals surface area contributed by atoms with Gasteiger partial charge in [0.2, 0.25) is 0 Å². The maximum absolute atomic E-state index is 8.89. The quantitative estimate of drug-likeness (QED) is 0.606. The molecule has 2 heteroatoms. The van der Waals surface area contributed by atoms with Gasteiger partial charge in [-0.1, -0.05) is 0 Å². The SMILES string of the molecule is Cc1[nH]c(C)c(CO)c1C. The van der Waals surface area contributed by atoms with Crippen molar-refractivity contribution in [1.82, 2.24) is 4.98 Å². The molecule has 1 rings (SSSR count). The number of nitrogens with one attached hydrogen (secondary N) is 1. The highest BCUT2D eigenvalue weighted by molar-refractivity contribution is 5.33. The Labute approximate surface area is 60.9 Å². The van der Waals surface area contributed by atoms with Crippen LogP contribution < -0.4 is 0 Å². The summed E-state index contributed by atoms with van der Waals surface area (Å²) in [5.74, 6) is 0. The summed E-state index contributed by atoms with van der Waals surface area (Å²) in [5.41, 5.74) is 4.46. The summed E-state index contributed by atoms with van der Waals surface area (Å²) >= 11 is 0. The molecule has 0 aliphatic rings. The van der Waals surface area contributed by atoms with E-state index in [9.17, 15) is 0 Å². The summed E-state index contributed by atoms with van der Waals surface area (Å²) in [6.45, 7) is 6.15. The van der Waals surface area contributed by atoms with Crippen molar-refractivity contribution in [3.05, 3.63) is 22.5 Å². The number of aromatic amines is 1. The second-order valence-corrected chi connectivity index (χ2v) is 2.64. The van der Waals surface area contributed by atoms with Gasteiger partial charge < -0.3 is 10.1 Å². The Morgan fingerprint density at radius 3 is 2.00 bits per heavy atom. The molecule has 0 saturated carbocycles. The van der Waals surface area contributed by atoms with Crippen molar-refractivity contribution in [2.45, 2.75) is 27.4 Å². The van der Waals surface area contributed by atoms with E-state index in [1.165, 1.54) is 5.56 Å². The van der Waals surface area contributed by atoms with E-state index in [1.807, 2.05) is 20.8 Å². The summed E-state index contributed by atoms with van der Waals surface area (Å²) < 4.78 is 0. The normalized spacial score (nSPS) is 10.4. The number of hydrogen-bond acceptors (Lipinski definition) is 1. The molecule has 1 aromatic heterocycles. The molecular formula is C8H13NO. The van der Waals surface area contributed by atoms with Gasteiger partial charge in [-0.05, 0) is 26.3 Å². The molecule has 0 aliphatic carbocycles. The Morgan fingerprint density at radius 2 is 1.80 bits per heavy atom. The zero-order chi connectivity index (χ0) is 7.72.